The van der Waals surface area contributed by atoms with E-state index in [9.17, 15) is 9.36 Å². The molecule has 0 aliphatic heterocycles. The summed E-state index contributed by atoms with van der Waals surface area (Å²) in [5, 5.41) is 18.0. The van der Waals surface area contributed by atoms with Gasteiger partial charge in [0.2, 0.25) is 7.37 Å². The Bertz CT molecular complexity index is 1060. The molecule has 8 heteroatoms. The number of ether oxygens (including phenoxy) is 2. The molecule has 0 radical (unpaired) electrons. The van der Waals surface area contributed by atoms with Gasteiger partial charge in [-0.15, -0.1) is 0 Å². The molecule has 0 saturated heterocycles. The minimum absolute atomic E-state index is 0.118. The van der Waals surface area contributed by atoms with Gasteiger partial charge in [0, 0.05) is 37.1 Å². The maximum absolute atomic E-state index is 13.4. The van der Waals surface area contributed by atoms with Crippen molar-refractivity contribution in [2.24, 2.45) is 23.7 Å². The number of carbonyl (C=O) groups is 1. The quantitative estimate of drug-likeness (QED) is 0.140. The van der Waals surface area contributed by atoms with Gasteiger partial charge in [-0.3, -0.25) is 9.36 Å². The summed E-state index contributed by atoms with van der Waals surface area (Å²) in [4.78, 5) is 11.6. The lowest BCUT2D eigenvalue weighted by Gasteiger charge is -2.51. The highest BCUT2D eigenvalue weighted by atomic mass is 31.2. The van der Waals surface area contributed by atoms with Gasteiger partial charge in [-0.05, 0) is 79.9 Å². The molecule has 1 aromatic carbocycles. The Morgan fingerprint density at radius 2 is 1.67 bits per heavy atom. The van der Waals surface area contributed by atoms with E-state index in [4.69, 9.17) is 24.5 Å². The van der Waals surface area contributed by atoms with Crippen LogP contribution in [0.15, 0.2) is 29.8 Å². The van der Waals surface area contributed by atoms with Crippen LogP contribution < -0.4 is 4.52 Å². The number of nitrogens with zero attached hydrogens (tertiary/aromatic N) is 2. The van der Waals surface area contributed by atoms with Crippen LogP contribution in [-0.2, 0) is 18.8 Å². The average Bonchev–Trinajstić information content (AvgIpc) is 2.87. The van der Waals surface area contributed by atoms with Crippen molar-refractivity contribution in [1.29, 1.82) is 10.5 Å². The summed E-state index contributed by atoms with van der Waals surface area (Å²) in [6.07, 6.45) is 7.57. The van der Waals surface area contributed by atoms with Crippen molar-refractivity contribution < 1.29 is 23.4 Å². The predicted octanol–water partition coefficient (Wildman–Crippen LogP) is 6.31. The molecule has 0 N–H and O–H groups in total. The smallest absolute Gasteiger partial charge is 0.305 e. The van der Waals surface area contributed by atoms with Crippen molar-refractivity contribution in [2.45, 2.75) is 57.8 Å². The van der Waals surface area contributed by atoms with Gasteiger partial charge in [-0.1, -0.05) is 12.1 Å². The van der Waals surface area contributed by atoms with E-state index in [0.29, 0.717) is 37.0 Å². The van der Waals surface area contributed by atoms with Crippen LogP contribution in [0.3, 0.4) is 0 Å². The maximum atomic E-state index is 13.4. The van der Waals surface area contributed by atoms with Gasteiger partial charge in [0.25, 0.3) is 0 Å². The minimum atomic E-state index is -3.17. The van der Waals surface area contributed by atoms with Gasteiger partial charge in [0.1, 0.15) is 11.5 Å². The van der Waals surface area contributed by atoms with E-state index in [1.54, 1.807) is 6.07 Å². The Kier molecular flexibility index (Phi) is 8.76. The van der Waals surface area contributed by atoms with Crippen LogP contribution in [0.5, 0.6) is 5.75 Å². The summed E-state index contributed by atoms with van der Waals surface area (Å²) in [5.41, 5.74) is 2.29. The average molecular weight is 511 g/mol. The Labute approximate surface area is 213 Å². The first-order valence-electron chi connectivity index (χ1n) is 13.0. The van der Waals surface area contributed by atoms with Crippen molar-refractivity contribution >= 4 is 19.1 Å². The van der Waals surface area contributed by atoms with Gasteiger partial charge < -0.3 is 14.0 Å². The molecule has 0 unspecified atom stereocenters. The Hall–Kier alpha value is -2.76. The number of benzene rings is 1. The number of hydrogen-bond acceptors (Lipinski definition) is 7. The lowest BCUT2D eigenvalue weighted by molar-refractivity contribution is -0.140. The highest BCUT2D eigenvalue weighted by molar-refractivity contribution is 7.59. The summed E-state index contributed by atoms with van der Waals surface area (Å²) >= 11 is 0. The molecule has 4 fully saturated rings. The second kappa shape index (κ2) is 12.0. The van der Waals surface area contributed by atoms with Crippen LogP contribution in [0.4, 0.5) is 0 Å². The molecule has 192 valence electrons. The van der Waals surface area contributed by atoms with E-state index in [1.807, 2.05) is 30.3 Å². The molecule has 7 nitrogen and oxygen atoms in total. The molecule has 4 saturated carbocycles. The topological polar surface area (TPSA) is 109 Å². The summed E-state index contributed by atoms with van der Waals surface area (Å²) in [6, 6.07) is 11.6. The van der Waals surface area contributed by atoms with Gasteiger partial charge >= 0.3 is 5.97 Å². The molecule has 0 atom stereocenters. The van der Waals surface area contributed by atoms with E-state index >= 15 is 0 Å². The fraction of sp³-hybridized carbons (Fsp3) is 0.607. The summed E-state index contributed by atoms with van der Waals surface area (Å²) < 4.78 is 30.6. The summed E-state index contributed by atoms with van der Waals surface area (Å²) in [6.45, 7) is 0.411. The zero-order valence-corrected chi connectivity index (χ0v) is 21.9. The van der Waals surface area contributed by atoms with Crippen molar-refractivity contribution in [3.8, 4) is 17.9 Å². The third-order valence-electron chi connectivity index (χ3n) is 7.78. The first kappa shape index (κ1) is 26.3. The molecule has 36 heavy (non-hydrogen) atoms. The lowest BCUT2D eigenvalue weighted by atomic mass is 9.54. The molecule has 0 heterocycles. The number of nitriles is 2. The fourth-order valence-corrected chi connectivity index (χ4v) is 8.20. The molecule has 5 rings (SSSR count). The largest absolute Gasteiger partial charge is 0.493 e. The lowest BCUT2D eigenvalue weighted by Crippen LogP contribution is -2.41. The Morgan fingerprint density at radius 1 is 1.03 bits per heavy atom. The minimum Gasteiger partial charge on any atom is -0.493 e. The van der Waals surface area contributed by atoms with Crippen molar-refractivity contribution in [3.05, 3.63) is 35.4 Å². The fourth-order valence-electron chi connectivity index (χ4n) is 6.42. The van der Waals surface area contributed by atoms with Crippen LogP contribution in [0.25, 0.3) is 5.76 Å². The zero-order valence-electron chi connectivity index (χ0n) is 21.0. The third-order valence-corrected chi connectivity index (χ3v) is 10.1. The van der Waals surface area contributed by atoms with Crippen LogP contribution >= 0.6 is 7.37 Å². The Morgan fingerprint density at radius 3 is 2.25 bits per heavy atom. The SMILES string of the molecule is COC(=O)CCCOC(=C1C2CC3CC(C2)CC1C3)c1cccc(OP(=O)(CCC#N)CCC#N)c1. The number of carbonyl (C=O) groups excluding carboxylic acids is 1. The van der Waals surface area contributed by atoms with Crippen LogP contribution in [0, 0.1) is 46.3 Å². The van der Waals surface area contributed by atoms with E-state index in [1.165, 1.54) is 44.8 Å². The first-order chi connectivity index (χ1) is 17.4. The van der Waals surface area contributed by atoms with Crippen molar-refractivity contribution in [2.75, 3.05) is 26.0 Å². The van der Waals surface area contributed by atoms with Crippen LogP contribution in [-0.4, -0.2) is 32.0 Å². The number of methoxy groups -OCH3 is 1. The highest BCUT2D eigenvalue weighted by Crippen LogP contribution is 2.58. The second-order valence-electron chi connectivity index (χ2n) is 10.3. The van der Waals surface area contributed by atoms with Crippen molar-refractivity contribution in [3.63, 3.8) is 0 Å². The van der Waals surface area contributed by atoms with Gasteiger partial charge in [-0.2, -0.15) is 10.5 Å². The summed E-state index contributed by atoms with van der Waals surface area (Å²) in [7, 11) is -1.78. The van der Waals surface area contributed by atoms with E-state index in [0.717, 1.165) is 23.2 Å². The van der Waals surface area contributed by atoms with Gasteiger partial charge in [0.05, 0.1) is 25.9 Å². The number of allylic oxidation sites excluding steroid dienone is 1. The monoisotopic (exact) mass is 510 g/mol. The normalized spacial score (nSPS) is 24.0. The molecule has 0 aromatic heterocycles. The molecular weight excluding hydrogens is 475 g/mol. The molecule has 4 aliphatic rings. The maximum Gasteiger partial charge on any atom is 0.305 e. The third kappa shape index (κ3) is 6.32. The van der Waals surface area contributed by atoms with E-state index in [2.05, 4.69) is 0 Å². The second-order valence-corrected chi connectivity index (χ2v) is 13.0. The molecule has 4 bridgehead atoms. The van der Waals surface area contributed by atoms with E-state index < -0.39 is 7.37 Å². The standard InChI is InChI=1S/C28H35N2O5P/c1-33-26(31)8-3-11-34-28(27-23-15-20-14-21(17-23)18-24(27)16-20)22-6-2-7-25(19-22)35-36(32,12-4-9-29)13-5-10-30/h2,6-7,19-21,23-24H,3-5,8,11-18H2,1H3. The molecule has 4 aliphatic carbocycles. The Balaban J connectivity index is 1.61. The van der Waals surface area contributed by atoms with Gasteiger partial charge in [-0.25, -0.2) is 0 Å². The van der Waals surface area contributed by atoms with Gasteiger partial charge in [0.15, 0.2) is 0 Å². The summed E-state index contributed by atoms with van der Waals surface area (Å²) in [5.74, 6) is 3.78. The number of esters is 1. The molecule has 1 aromatic rings. The molecule has 0 amide bonds. The highest BCUT2D eigenvalue weighted by Gasteiger charge is 2.46. The first-order valence-corrected chi connectivity index (χ1v) is 15.0. The molecule has 0 spiro atoms. The van der Waals surface area contributed by atoms with E-state index in [-0.39, 0.29) is 31.1 Å². The zero-order chi connectivity index (χ0) is 25.5. The van der Waals surface area contributed by atoms with Crippen LogP contribution in [0.2, 0.25) is 0 Å². The number of rotatable bonds is 12. The molecular formula is C28H35N2O5P. The van der Waals surface area contributed by atoms with Crippen molar-refractivity contribution in [1.82, 2.24) is 0 Å². The van der Waals surface area contributed by atoms with Crippen LogP contribution in [0.1, 0.15) is 63.4 Å². The number of hydrogen-bond donors (Lipinski definition) is 0. The predicted molar refractivity (Wildman–Crippen MR) is 136 cm³/mol.